The van der Waals surface area contributed by atoms with Gasteiger partial charge in [-0.25, -0.2) is 4.79 Å². The van der Waals surface area contributed by atoms with Gasteiger partial charge in [0.2, 0.25) is 0 Å². The molecule has 0 aliphatic heterocycles. The van der Waals surface area contributed by atoms with E-state index < -0.39 is 0 Å². The lowest BCUT2D eigenvalue weighted by atomic mass is 10.1. The van der Waals surface area contributed by atoms with Crippen molar-refractivity contribution in [2.24, 2.45) is 0 Å². The van der Waals surface area contributed by atoms with Crippen molar-refractivity contribution in [3.63, 3.8) is 0 Å². The Morgan fingerprint density at radius 1 is 1.64 bits per heavy atom. The Balaban J connectivity index is 3.01. The van der Waals surface area contributed by atoms with Crippen LogP contribution in [0.25, 0.3) is 0 Å². The molecular weight excluding hydrogens is 293 g/mol. The molecule has 0 amide bonds. The Morgan fingerprint density at radius 2 is 2.36 bits per heavy atom. The highest BCUT2D eigenvalue weighted by atomic mass is 127. The highest BCUT2D eigenvalue weighted by molar-refractivity contribution is 14.1. The summed E-state index contributed by atoms with van der Waals surface area (Å²) in [5.41, 5.74) is 1.05. The molecule has 0 N–H and O–H groups in total. The number of hydrogen-bond acceptors (Lipinski definition) is 3. The molecule has 0 heterocycles. The number of carbonyl (C=O) groups excluding carboxylic acids is 1. The largest absolute Gasteiger partial charge is 0.462 e. The third kappa shape index (κ3) is 2.45. The lowest BCUT2D eigenvalue weighted by Crippen LogP contribution is -2.06. The normalized spacial score (nSPS) is 9.21. The molecular formula is C10H8INO2. The number of benzene rings is 1. The topological polar surface area (TPSA) is 50.1 Å². The average molecular weight is 301 g/mol. The third-order valence-corrected chi connectivity index (χ3v) is 2.49. The first-order valence-electron chi connectivity index (χ1n) is 4.05. The van der Waals surface area contributed by atoms with Gasteiger partial charge in [0.05, 0.1) is 23.8 Å². The van der Waals surface area contributed by atoms with Crippen LogP contribution >= 0.6 is 22.6 Å². The van der Waals surface area contributed by atoms with E-state index in [1.807, 2.05) is 28.7 Å². The van der Waals surface area contributed by atoms with Gasteiger partial charge in [-0.3, -0.25) is 0 Å². The molecule has 4 heteroatoms. The lowest BCUT2D eigenvalue weighted by molar-refractivity contribution is 0.0525. The van der Waals surface area contributed by atoms with E-state index in [0.717, 1.165) is 3.57 Å². The van der Waals surface area contributed by atoms with E-state index in [4.69, 9.17) is 10.00 Å². The number of hydrogen-bond donors (Lipinski definition) is 0. The van der Waals surface area contributed by atoms with Crippen LogP contribution in [-0.2, 0) is 4.74 Å². The minimum atomic E-state index is -0.346. The first-order valence-corrected chi connectivity index (χ1v) is 5.13. The van der Waals surface area contributed by atoms with E-state index in [0.29, 0.717) is 17.7 Å². The monoisotopic (exact) mass is 301 g/mol. The van der Waals surface area contributed by atoms with Gasteiger partial charge in [0.15, 0.2) is 0 Å². The minimum absolute atomic E-state index is 0.346. The zero-order chi connectivity index (χ0) is 10.6. The first kappa shape index (κ1) is 11.0. The fourth-order valence-corrected chi connectivity index (χ4v) is 1.69. The van der Waals surface area contributed by atoms with Crippen LogP contribution < -0.4 is 0 Å². The van der Waals surface area contributed by atoms with E-state index in [2.05, 4.69) is 0 Å². The van der Waals surface area contributed by atoms with Crippen molar-refractivity contribution in [2.45, 2.75) is 6.92 Å². The summed E-state index contributed by atoms with van der Waals surface area (Å²) < 4.78 is 5.59. The number of ether oxygens (including phenoxy) is 1. The Kier molecular flexibility index (Phi) is 3.89. The predicted molar refractivity (Wildman–Crippen MR) is 59.8 cm³/mol. The highest BCUT2D eigenvalue weighted by Crippen LogP contribution is 2.15. The maximum Gasteiger partial charge on any atom is 0.339 e. The Labute approximate surface area is 95.8 Å². The van der Waals surface area contributed by atoms with Crippen LogP contribution in [0.2, 0.25) is 0 Å². The predicted octanol–water partition coefficient (Wildman–Crippen LogP) is 2.34. The molecule has 0 saturated carbocycles. The summed E-state index contributed by atoms with van der Waals surface area (Å²) in [6.07, 6.45) is 0. The van der Waals surface area contributed by atoms with Crippen LogP contribution in [0.5, 0.6) is 0 Å². The van der Waals surface area contributed by atoms with Gasteiger partial charge in [0.1, 0.15) is 0 Å². The maximum atomic E-state index is 11.4. The van der Waals surface area contributed by atoms with E-state index in [1.54, 1.807) is 25.1 Å². The summed E-state index contributed by atoms with van der Waals surface area (Å²) in [6.45, 7) is 2.11. The number of halogens is 1. The molecule has 1 rings (SSSR count). The smallest absolute Gasteiger partial charge is 0.339 e. The van der Waals surface area contributed by atoms with Crippen molar-refractivity contribution in [1.29, 1.82) is 5.26 Å². The van der Waals surface area contributed by atoms with Crippen molar-refractivity contribution in [3.05, 3.63) is 32.9 Å². The van der Waals surface area contributed by atoms with Crippen LogP contribution in [0.1, 0.15) is 22.8 Å². The van der Waals surface area contributed by atoms with E-state index in [-0.39, 0.29) is 5.97 Å². The standard InChI is InChI=1S/C10H8INO2/c1-2-14-10(13)8-4-3-7(6-12)5-9(8)11/h3-5H,2H2,1H3. The zero-order valence-corrected chi connectivity index (χ0v) is 9.74. The second-order valence-corrected chi connectivity index (χ2v) is 3.69. The van der Waals surface area contributed by atoms with Gasteiger partial charge in [-0.15, -0.1) is 0 Å². The van der Waals surface area contributed by atoms with Gasteiger partial charge >= 0.3 is 5.97 Å². The van der Waals surface area contributed by atoms with Crippen molar-refractivity contribution >= 4 is 28.6 Å². The first-order chi connectivity index (χ1) is 6.69. The van der Waals surface area contributed by atoms with Crippen molar-refractivity contribution < 1.29 is 9.53 Å². The number of rotatable bonds is 2. The third-order valence-electron chi connectivity index (χ3n) is 1.59. The van der Waals surface area contributed by atoms with Crippen LogP contribution in [-0.4, -0.2) is 12.6 Å². The van der Waals surface area contributed by atoms with E-state index in [9.17, 15) is 4.79 Å². The van der Waals surface area contributed by atoms with Gasteiger partial charge < -0.3 is 4.74 Å². The summed E-state index contributed by atoms with van der Waals surface area (Å²) >= 11 is 2.01. The van der Waals surface area contributed by atoms with Crippen LogP contribution in [0.15, 0.2) is 18.2 Å². The number of nitrogens with zero attached hydrogens (tertiary/aromatic N) is 1. The molecule has 72 valence electrons. The van der Waals surface area contributed by atoms with Crippen LogP contribution in [0, 0.1) is 14.9 Å². The Morgan fingerprint density at radius 3 is 2.86 bits per heavy atom. The number of carbonyl (C=O) groups is 1. The fraction of sp³-hybridized carbons (Fsp3) is 0.200. The van der Waals surface area contributed by atoms with Crippen molar-refractivity contribution in [3.8, 4) is 6.07 Å². The molecule has 0 aromatic heterocycles. The fourth-order valence-electron chi connectivity index (χ4n) is 0.959. The van der Waals surface area contributed by atoms with Crippen LogP contribution in [0.3, 0.4) is 0 Å². The van der Waals surface area contributed by atoms with Gasteiger partial charge in [-0.05, 0) is 47.7 Å². The average Bonchev–Trinajstić information content (AvgIpc) is 2.17. The van der Waals surface area contributed by atoms with Gasteiger partial charge in [0.25, 0.3) is 0 Å². The molecule has 0 saturated heterocycles. The van der Waals surface area contributed by atoms with E-state index >= 15 is 0 Å². The molecule has 1 aromatic carbocycles. The number of esters is 1. The zero-order valence-electron chi connectivity index (χ0n) is 7.58. The van der Waals surface area contributed by atoms with Crippen molar-refractivity contribution in [2.75, 3.05) is 6.61 Å². The van der Waals surface area contributed by atoms with Crippen molar-refractivity contribution in [1.82, 2.24) is 0 Å². The molecule has 1 aromatic rings. The van der Waals surface area contributed by atoms with Crippen LogP contribution in [0.4, 0.5) is 0 Å². The molecule has 0 fully saturated rings. The maximum absolute atomic E-state index is 11.4. The van der Waals surface area contributed by atoms with Gasteiger partial charge in [-0.1, -0.05) is 0 Å². The molecule has 3 nitrogen and oxygen atoms in total. The molecule has 0 spiro atoms. The molecule has 0 unspecified atom stereocenters. The van der Waals surface area contributed by atoms with Gasteiger partial charge in [0, 0.05) is 3.57 Å². The number of nitriles is 1. The summed E-state index contributed by atoms with van der Waals surface area (Å²) in [6, 6.07) is 6.88. The molecule has 0 radical (unpaired) electrons. The second-order valence-electron chi connectivity index (χ2n) is 2.53. The Hall–Kier alpha value is -1.09. The Bertz CT molecular complexity index is 396. The van der Waals surface area contributed by atoms with Gasteiger partial charge in [-0.2, -0.15) is 5.26 Å². The molecule has 0 atom stereocenters. The second kappa shape index (κ2) is 4.96. The molecule has 0 bridgehead atoms. The van der Waals surface area contributed by atoms with E-state index in [1.165, 1.54) is 0 Å². The summed E-state index contributed by atoms with van der Waals surface area (Å²) in [5, 5.41) is 8.63. The summed E-state index contributed by atoms with van der Waals surface area (Å²) in [4.78, 5) is 11.4. The quantitative estimate of drug-likeness (QED) is 0.622. The highest BCUT2D eigenvalue weighted by Gasteiger charge is 2.10. The lowest BCUT2D eigenvalue weighted by Gasteiger charge is -2.03. The molecule has 0 aliphatic carbocycles. The minimum Gasteiger partial charge on any atom is -0.462 e. The SMILES string of the molecule is CCOC(=O)c1ccc(C#N)cc1I. The summed E-state index contributed by atoms with van der Waals surface area (Å²) in [7, 11) is 0. The molecule has 0 aliphatic rings. The molecule has 14 heavy (non-hydrogen) atoms. The summed E-state index contributed by atoms with van der Waals surface area (Å²) in [5.74, 6) is -0.346.